The van der Waals surface area contributed by atoms with Crippen LogP contribution in [0.15, 0.2) is 28.8 Å². The van der Waals surface area contributed by atoms with Crippen molar-refractivity contribution in [1.29, 1.82) is 0 Å². The summed E-state index contributed by atoms with van der Waals surface area (Å²) in [6.07, 6.45) is 4.21. The second-order valence-corrected chi connectivity index (χ2v) is 5.20. The zero-order valence-corrected chi connectivity index (χ0v) is 12.6. The molecule has 8 heteroatoms. The molecule has 0 spiro atoms. The smallest absolute Gasteiger partial charge is 0.230 e. The lowest BCUT2D eigenvalue weighted by molar-refractivity contribution is 0.850. The van der Waals surface area contributed by atoms with Crippen LogP contribution >= 0.6 is 11.8 Å². The minimum Gasteiger partial charge on any atom is -0.354 e. The van der Waals surface area contributed by atoms with Gasteiger partial charge in [0.15, 0.2) is 0 Å². The van der Waals surface area contributed by atoms with Gasteiger partial charge in [-0.15, -0.1) is 0 Å². The fourth-order valence-electron chi connectivity index (χ4n) is 1.34. The Morgan fingerprint density at radius 2 is 2.10 bits per heavy atom. The second kappa shape index (κ2) is 6.99. The van der Waals surface area contributed by atoms with Gasteiger partial charge in [-0.3, -0.25) is 0 Å². The Morgan fingerprint density at radius 1 is 1.25 bits per heavy atom. The summed E-state index contributed by atoms with van der Waals surface area (Å²) in [6, 6.07) is 1.82. The van der Waals surface area contributed by atoms with Gasteiger partial charge in [0.05, 0.1) is 0 Å². The lowest BCUT2D eigenvalue weighted by atomic mass is 10.5. The van der Waals surface area contributed by atoms with Crippen LogP contribution < -0.4 is 10.2 Å². The van der Waals surface area contributed by atoms with Gasteiger partial charge in [-0.1, -0.05) is 6.92 Å². The predicted octanol–water partition coefficient (Wildman–Crippen LogP) is 1.70. The molecule has 0 atom stereocenters. The Labute approximate surface area is 122 Å². The molecule has 0 bridgehead atoms. The van der Waals surface area contributed by atoms with Crippen LogP contribution in [-0.4, -0.2) is 45.6 Å². The van der Waals surface area contributed by atoms with Crippen LogP contribution in [0.25, 0.3) is 0 Å². The van der Waals surface area contributed by atoms with E-state index < -0.39 is 0 Å². The van der Waals surface area contributed by atoms with Gasteiger partial charge in [0.2, 0.25) is 17.1 Å². The first kappa shape index (κ1) is 14.4. The monoisotopic (exact) mass is 291 g/mol. The molecule has 7 nitrogen and oxygen atoms in total. The molecular formula is C12H17N7S. The van der Waals surface area contributed by atoms with Gasteiger partial charge in [0, 0.05) is 26.8 Å². The van der Waals surface area contributed by atoms with Crippen LogP contribution in [-0.2, 0) is 0 Å². The zero-order chi connectivity index (χ0) is 14.4. The molecule has 0 amide bonds. The molecular weight excluding hydrogens is 274 g/mol. The molecule has 0 saturated heterocycles. The number of anilines is 2. The van der Waals surface area contributed by atoms with Gasteiger partial charge in [0.1, 0.15) is 11.4 Å². The number of nitrogens with zero attached hydrogens (tertiary/aromatic N) is 6. The van der Waals surface area contributed by atoms with E-state index in [1.54, 1.807) is 6.20 Å². The molecule has 0 unspecified atom stereocenters. The van der Waals surface area contributed by atoms with E-state index in [4.69, 9.17) is 0 Å². The number of aromatic nitrogens is 5. The van der Waals surface area contributed by atoms with E-state index in [2.05, 4.69) is 37.2 Å². The average molecular weight is 291 g/mol. The van der Waals surface area contributed by atoms with Gasteiger partial charge < -0.3 is 10.2 Å². The Bertz CT molecular complexity index is 547. The third kappa shape index (κ3) is 4.02. The summed E-state index contributed by atoms with van der Waals surface area (Å²) in [5, 5.41) is 4.60. The van der Waals surface area contributed by atoms with Gasteiger partial charge in [-0.2, -0.15) is 15.0 Å². The largest absolute Gasteiger partial charge is 0.354 e. The van der Waals surface area contributed by atoms with Crippen molar-refractivity contribution in [2.24, 2.45) is 0 Å². The fourth-order valence-corrected chi connectivity index (χ4v) is 2.02. The molecule has 0 aromatic carbocycles. The molecule has 0 fully saturated rings. The first-order valence-electron chi connectivity index (χ1n) is 6.30. The molecule has 1 N–H and O–H groups in total. The van der Waals surface area contributed by atoms with Crippen LogP contribution in [0.5, 0.6) is 0 Å². The quantitative estimate of drug-likeness (QED) is 0.806. The first-order chi connectivity index (χ1) is 9.69. The van der Waals surface area contributed by atoms with Crippen molar-refractivity contribution < 1.29 is 0 Å². The van der Waals surface area contributed by atoms with E-state index in [9.17, 15) is 0 Å². The molecule has 0 radical (unpaired) electrons. The van der Waals surface area contributed by atoms with E-state index >= 15 is 0 Å². The van der Waals surface area contributed by atoms with Crippen LogP contribution in [0.3, 0.4) is 0 Å². The molecule has 0 aliphatic heterocycles. The van der Waals surface area contributed by atoms with E-state index in [0.29, 0.717) is 17.1 Å². The van der Waals surface area contributed by atoms with E-state index in [1.165, 1.54) is 18.1 Å². The van der Waals surface area contributed by atoms with E-state index in [-0.39, 0.29) is 0 Å². The van der Waals surface area contributed by atoms with Crippen LogP contribution in [0.1, 0.15) is 13.3 Å². The number of rotatable bonds is 6. The van der Waals surface area contributed by atoms with Crippen molar-refractivity contribution in [3.05, 3.63) is 18.6 Å². The zero-order valence-electron chi connectivity index (χ0n) is 11.7. The minimum atomic E-state index is 0.585. The van der Waals surface area contributed by atoms with E-state index in [1.807, 2.05) is 25.1 Å². The normalized spacial score (nSPS) is 10.3. The summed E-state index contributed by atoms with van der Waals surface area (Å²) in [6.45, 7) is 2.92. The van der Waals surface area contributed by atoms with Crippen LogP contribution in [0, 0.1) is 0 Å². The molecule has 0 saturated carbocycles. The summed E-state index contributed by atoms with van der Waals surface area (Å²) < 4.78 is 0. The maximum atomic E-state index is 4.40. The molecule has 0 aliphatic rings. The maximum Gasteiger partial charge on any atom is 0.230 e. The Hall–Kier alpha value is -1.96. The molecule has 2 aromatic rings. The highest BCUT2D eigenvalue weighted by molar-refractivity contribution is 7.99. The second-order valence-electron chi connectivity index (χ2n) is 4.21. The van der Waals surface area contributed by atoms with Crippen molar-refractivity contribution >= 4 is 23.7 Å². The van der Waals surface area contributed by atoms with E-state index in [0.717, 1.165) is 18.0 Å². The average Bonchev–Trinajstić information content (AvgIpc) is 2.46. The number of hydrogen-bond donors (Lipinski definition) is 1. The van der Waals surface area contributed by atoms with Crippen molar-refractivity contribution in [3.8, 4) is 0 Å². The number of hydrogen-bond acceptors (Lipinski definition) is 8. The summed E-state index contributed by atoms with van der Waals surface area (Å²) >= 11 is 1.39. The lowest BCUT2D eigenvalue weighted by Crippen LogP contribution is -2.16. The third-order valence-corrected chi connectivity index (χ3v) is 3.10. The van der Waals surface area contributed by atoms with Crippen LogP contribution in [0.4, 0.5) is 11.9 Å². The Morgan fingerprint density at radius 3 is 2.75 bits per heavy atom. The summed E-state index contributed by atoms with van der Waals surface area (Å²) in [5.74, 6) is 1.21. The molecule has 2 heterocycles. The molecule has 2 aromatic heterocycles. The Kier molecular flexibility index (Phi) is 5.05. The summed E-state index contributed by atoms with van der Waals surface area (Å²) in [7, 11) is 3.80. The van der Waals surface area contributed by atoms with Crippen molar-refractivity contribution in [3.63, 3.8) is 0 Å². The molecule has 2 rings (SSSR count). The number of nitrogens with one attached hydrogen (secondary N) is 1. The van der Waals surface area contributed by atoms with Crippen molar-refractivity contribution in [2.45, 2.75) is 23.5 Å². The molecule has 0 aliphatic carbocycles. The van der Waals surface area contributed by atoms with Gasteiger partial charge in [-0.25, -0.2) is 9.97 Å². The SMILES string of the molecule is CCCNc1nc(Sc2ccncn2)nc(N(C)C)n1. The van der Waals surface area contributed by atoms with Crippen LogP contribution in [0.2, 0.25) is 0 Å². The summed E-state index contributed by atoms with van der Waals surface area (Å²) in [4.78, 5) is 23.1. The highest BCUT2D eigenvalue weighted by Gasteiger charge is 2.09. The highest BCUT2D eigenvalue weighted by Crippen LogP contribution is 2.23. The topological polar surface area (TPSA) is 79.7 Å². The molecule has 20 heavy (non-hydrogen) atoms. The Balaban J connectivity index is 2.24. The first-order valence-corrected chi connectivity index (χ1v) is 7.12. The maximum absolute atomic E-state index is 4.40. The predicted molar refractivity (Wildman–Crippen MR) is 79.1 cm³/mol. The molecule has 106 valence electrons. The fraction of sp³-hybridized carbons (Fsp3) is 0.417. The van der Waals surface area contributed by atoms with Crippen molar-refractivity contribution in [1.82, 2.24) is 24.9 Å². The minimum absolute atomic E-state index is 0.585. The third-order valence-electron chi connectivity index (χ3n) is 2.29. The van der Waals surface area contributed by atoms with Gasteiger partial charge in [0.25, 0.3) is 0 Å². The highest BCUT2D eigenvalue weighted by atomic mass is 32.2. The van der Waals surface area contributed by atoms with Crippen molar-refractivity contribution in [2.75, 3.05) is 30.9 Å². The lowest BCUT2D eigenvalue weighted by Gasteiger charge is -2.12. The van der Waals surface area contributed by atoms with Gasteiger partial charge >= 0.3 is 0 Å². The van der Waals surface area contributed by atoms with Gasteiger partial charge in [-0.05, 0) is 24.2 Å². The standard InChI is InChI=1S/C12H17N7S/c1-4-6-14-10-16-11(19(2)3)18-12(17-10)20-9-5-7-13-8-15-9/h5,7-8H,4,6H2,1-3H3,(H,14,16,17,18). The summed E-state index contributed by atoms with van der Waals surface area (Å²) in [5.41, 5.74) is 0.